The number of hydrogen-bond acceptors (Lipinski definition) is 15. The number of ether oxygens (including phenoxy) is 13. The van der Waals surface area contributed by atoms with Crippen molar-refractivity contribution in [1.82, 2.24) is 0 Å². The molecule has 0 aliphatic carbocycles. The van der Waals surface area contributed by atoms with Gasteiger partial charge in [-0.1, -0.05) is 386 Å². The number of benzene rings is 8. The van der Waals surface area contributed by atoms with Crippen LogP contribution in [0.2, 0.25) is 0 Å². The summed E-state index contributed by atoms with van der Waals surface area (Å²) in [6.07, 6.45) is 9.29. The van der Waals surface area contributed by atoms with E-state index in [1.54, 1.807) is 0 Å². The highest BCUT2D eigenvalue weighted by atomic mass is 16.8. The van der Waals surface area contributed by atoms with E-state index < -0.39 is 85.5 Å². The van der Waals surface area contributed by atoms with E-state index in [0.717, 1.165) is 160 Å². The molecule has 0 amide bonds. The van der Waals surface area contributed by atoms with Gasteiger partial charge in [-0.2, -0.15) is 0 Å². The van der Waals surface area contributed by atoms with Gasteiger partial charge in [-0.25, -0.2) is 0 Å². The molecule has 2 saturated heterocycles. The van der Waals surface area contributed by atoms with Gasteiger partial charge >= 0.3 is 11.9 Å². The Morgan fingerprint density at radius 3 is 0.765 bits per heavy atom. The van der Waals surface area contributed by atoms with Gasteiger partial charge in [0.2, 0.25) is 0 Å². The monoisotopic (exact) mass is 1570 g/mol. The summed E-state index contributed by atoms with van der Waals surface area (Å²) in [5, 5.41) is 0. The Bertz CT molecular complexity index is 3540. The molecule has 2 fully saturated rings. The first kappa shape index (κ1) is 89.6. The summed E-state index contributed by atoms with van der Waals surface area (Å²) in [7, 11) is 0. The van der Waals surface area contributed by atoms with Crippen LogP contribution in [-0.2, 0) is 124 Å². The first-order valence-electron chi connectivity index (χ1n) is 43.3. The fraction of sp³-hybridized carbons (Fsp3) is 0.500. The molecule has 115 heavy (non-hydrogen) atoms. The predicted molar refractivity (Wildman–Crippen MR) is 452 cm³/mol. The SMILES string of the molecule is CCCCCCC[C@H](OCc1ccccc1)[C@H](CCCCCC)C(=O)OC[C@H]1O[C@H](O[C@H]2O[C@H](COC(=O)[C@@H](CCCCCC)[C@H](CCCCCCC)OCc3ccccc3)[C@@H](OCc3ccccc3)[C@H](OCc3ccccc3)[C@H]2OCc2ccccc2)[C@H](OCc2ccccc2)[C@@H](OCc2ccccc2)[C@@H]1OCc1ccccc1. The molecule has 8 aromatic rings. The third kappa shape index (κ3) is 31.2. The Morgan fingerprint density at radius 1 is 0.270 bits per heavy atom. The normalized spacial score (nSPS) is 20.6. The van der Waals surface area contributed by atoms with E-state index >= 15 is 9.59 Å². The lowest BCUT2D eigenvalue weighted by Crippen LogP contribution is -2.66. The van der Waals surface area contributed by atoms with Crippen molar-refractivity contribution in [1.29, 1.82) is 0 Å². The number of carbonyl (C=O) groups excluding carboxylic acids is 2. The van der Waals surface area contributed by atoms with Crippen LogP contribution in [-0.4, -0.2) is 98.8 Å². The summed E-state index contributed by atoms with van der Waals surface area (Å²) >= 11 is 0. The largest absolute Gasteiger partial charge is 0.463 e. The number of esters is 2. The summed E-state index contributed by atoms with van der Waals surface area (Å²) in [5.74, 6) is -1.93. The van der Waals surface area contributed by atoms with Gasteiger partial charge in [-0.15, -0.1) is 0 Å². The van der Waals surface area contributed by atoms with Crippen LogP contribution in [0.4, 0.5) is 0 Å². The third-order valence-corrected chi connectivity index (χ3v) is 22.0. The summed E-state index contributed by atoms with van der Waals surface area (Å²) in [6, 6.07) is 80.3. The molecule has 0 unspecified atom stereocenters. The molecule has 0 radical (unpaired) electrons. The second-order valence-electron chi connectivity index (χ2n) is 31.0. The van der Waals surface area contributed by atoms with Gasteiger partial charge in [-0.05, 0) is 70.2 Å². The number of unbranched alkanes of at least 4 members (excludes halogenated alkanes) is 14. The maximum Gasteiger partial charge on any atom is 0.311 e. The van der Waals surface area contributed by atoms with Crippen LogP contribution in [0, 0.1) is 11.8 Å². The Hall–Kier alpha value is -7.74. The molecule has 15 nitrogen and oxygen atoms in total. The number of carbonyl (C=O) groups is 2. The fourth-order valence-electron chi connectivity index (χ4n) is 15.4. The molecular formula is C100H130O15. The highest BCUT2D eigenvalue weighted by Crippen LogP contribution is 2.39. The van der Waals surface area contributed by atoms with Crippen LogP contribution < -0.4 is 0 Å². The van der Waals surface area contributed by atoms with Gasteiger partial charge in [0.15, 0.2) is 12.6 Å². The Kier molecular flexibility index (Phi) is 41.2. The predicted octanol–water partition coefficient (Wildman–Crippen LogP) is 22.1. The lowest BCUT2D eigenvalue weighted by atomic mass is 9.91. The Labute approximate surface area is 687 Å². The molecule has 15 heteroatoms. The van der Waals surface area contributed by atoms with E-state index in [4.69, 9.17) is 61.6 Å². The molecule has 0 bridgehead atoms. The van der Waals surface area contributed by atoms with Crippen molar-refractivity contribution in [3.8, 4) is 0 Å². The lowest BCUT2D eigenvalue weighted by Gasteiger charge is -2.49. The Morgan fingerprint density at radius 2 is 0.496 bits per heavy atom. The first-order valence-corrected chi connectivity index (χ1v) is 43.3. The summed E-state index contributed by atoms with van der Waals surface area (Å²) in [6.45, 7) is 9.85. The van der Waals surface area contributed by atoms with Crippen LogP contribution in [0.25, 0.3) is 0 Å². The quantitative estimate of drug-likeness (QED) is 0.0262. The van der Waals surface area contributed by atoms with Crippen molar-refractivity contribution in [3.05, 3.63) is 287 Å². The zero-order chi connectivity index (χ0) is 80.0. The van der Waals surface area contributed by atoms with Gasteiger partial charge in [-0.3, -0.25) is 9.59 Å². The average molecular weight is 1570 g/mol. The third-order valence-electron chi connectivity index (χ3n) is 22.0. The molecule has 0 N–H and O–H groups in total. The van der Waals surface area contributed by atoms with Crippen LogP contribution >= 0.6 is 0 Å². The van der Waals surface area contributed by atoms with Crippen molar-refractivity contribution >= 4 is 11.9 Å². The summed E-state index contributed by atoms with van der Waals surface area (Å²) in [5.41, 5.74) is 7.49. The minimum absolute atomic E-state index is 0.109. The summed E-state index contributed by atoms with van der Waals surface area (Å²) < 4.78 is 94.4. The molecule has 0 saturated carbocycles. The number of hydrogen-bond donors (Lipinski definition) is 0. The van der Waals surface area contributed by atoms with Crippen molar-refractivity contribution in [2.45, 2.75) is 295 Å². The smallest absolute Gasteiger partial charge is 0.311 e. The molecule has 8 aromatic carbocycles. The zero-order valence-corrected chi connectivity index (χ0v) is 68.9. The van der Waals surface area contributed by atoms with Crippen molar-refractivity contribution < 1.29 is 71.2 Å². The number of rotatable bonds is 56. The van der Waals surface area contributed by atoms with Gasteiger partial charge in [0, 0.05) is 0 Å². The minimum Gasteiger partial charge on any atom is -0.463 e. The zero-order valence-electron chi connectivity index (χ0n) is 68.9. The topological polar surface area (TPSA) is 154 Å². The molecule has 620 valence electrons. The average Bonchev–Trinajstić information content (AvgIpc) is 0.764. The molecule has 14 atom stereocenters. The fourth-order valence-corrected chi connectivity index (χ4v) is 15.4. The molecule has 0 aromatic heterocycles. The maximum atomic E-state index is 15.7. The van der Waals surface area contributed by atoms with Crippen LogP contribution in [0.3, 0.4) is 0 Å². The molecule has 2 aliphatic heterocycles. The van der Waals surface area contributed by atoms with E-state index in [2.05, 4.69) is 52.0 Å². The molecule has 0 spiro atoms. The van der Waals surface area contributed by atoms with E-state index in [-0.39, 0.29) is 64.8 Å². The van der Waals surface area contributed by atoms with Gasteiger partial charge in [0.25, 0.3) is 0 Å². The van der Waals surface area contributed by atoms with Crippen molar-refractivity contribution in [2.75, 3.05) is 13.2 Å². The molecular weight excluding hydrogens is 1440 g/mol. The highest BCUT2D eigenvalue weighted by molar-refractivity contribution is 5.73. The standard InChI is InChI=1S/C100H130O15/c1-5-9-13-17-45-65-87(103-67-77-47-27-19-28-48-77)85(63-43-15-11-7-3)97(101)111-75-89-91(105-69-79-51-31-21-32-52-79)93(107-71-81-55-35-23-36-56-81)95(109-73-83-59-39-25-40-60-83)99(113-89)115-100-96(110-74-84-61-41-26-42-62-84)94(108-72-82-57-37-24-38-58-82)92(106-70-80-53-33-22-34-54-80)90(114-100)76-112-98(102)86(64-44-16-12-8-4)88(66-46-18-14-10-6-2)104-68-78-49-29-20-30-50-78/h19-42,47-62,85-96,99-100H,5-18,43-46,63-76H2,1-4H3/t85-,86-,87-,88-,89+,90+,91+,92+,93-,94-,95+,96+,99+,100+/m0/s1. The molecule has 10 rings (SSSR count). The van der Waals surface area contributed by atoms with E-state index in [0.29, 0.717) is 38.9 Å². The maximum absolute atomic E-state index is 15.7. The highest BCUT2D eigenvalue weighted by Gasteiger charge is 2.55. The van der Waals surface area contributed by atoms with Crippen molar-refractivity contribution in [3.63, 3.8) is 0 Å². The van der Waals surface area contributed by atoms with E-state index in [1.165, 1.54) is 0 Å². The summed E-state index contributed by atoms with van der Waals surface area (Å²) in [4.78, 5) is 31.5. The Balaban J connectivity index is 1.08. The van der Waals surface area contributed by atoms with Crippen LogP contribution in [0.1, 0.15) is 213 Å². The second kappa shape index (κ2) is 52.8. The minimum atomic E-state index is -1.38. The molecule has 2 heterocycles. The molecule has 2 aliphatic rings. The second-order valence-corrected chi connectivity index (χ2v) is 31.0. The van der Waals surface area contributed by atoms with Gasteiger partial charge in [0.1, 0.15) is 62.0 Å². The van der Waals surface area contributed by atoms with Crippen molar-refractivity contribution in [2.24, 2.45) is 11.8 Å². The van der Waals surface area contributed by atoms with Gasteiger partial charge in [0.05, 0.1) is 76.9 Å². The van der Waals surface area contributed by atoms with Crippen LogP contribution in [0.15, 0.2) is 243 Å². The van der Waals surface area contributed by atoms with E-state index in [9.17, 15) is 0 Å². The van der Waals surface area contributed by atoms with Gasteiger partial charge < -0.3 is 61.6 Å². The van der Waals surface area contributed by atoms with E-state index in [1.807, 2.05) is 218 Å². The lowest BCUT2D eigenvalue weighted by molar-refractivity contribution is -0.394. The van der Waals surface area contributed by atoms with Crippen LogP contribution in [0.5, 0.6) is 0 Å². The first-order chi connectivity index (χ1) is 56.8.